The summed E-state index contributed by atoms with van der Waals surface area (Å²) in [4.78, 5) is 24.9. The predicted molar refractivity (Wildman–Crippen MR) is 113 cm³/mol. The summed E-state index contributed by atoms with van der Waals surface area (Å²) in [7, 11) is 0. The standard InChI is InChI=1S/C23H21ClN2O3/c24-18-7-5-15(6-8-18)13-25-23(28)20-11-16-3-1-2-4-17(16)12-21(20)29-14-22(27)26-19-9-10-19/h1-8,11-12,19H,9-10,13-14H2,(H,25,28)(H,26,27). The summed E-state index contributed by atoms with van der Waals surface area (Å²) >= 11 is 5.91. The van der Waals surface area contributed by atoms with Crippen LogP contribution in [0.25, 0.3) is 10.8 Å². The molecule has 29 heavy (non-hydrogen) atoms. The minimum atomic E-state index is -0.261. The van der Waals surface area contributed by atoms with Crippen LogP contribution in [0.1, 0.15) is 28.8 Å². The van der Waals surface area contributed by atoms with Gasteiger partial charge in [-0.2, -0.15) is 0 Å². The first-order valence-corrected chi connectivity index (χ1v) is 9.94. The molecule has 1 aliphatic rings. The van der Waals surface area contributed by atoms with Crippen molar-refractivity contribution in [1.29, 1.82) is 0 Å². The van der Waals surface area contributed by atoms with Crippen molar-refractivity contribution in [3.63, 3.8) is 0 Å². The molecule has 5 nitrogen and oxygen atoms in total. The largest absolute Gasteiger partial charge is 0.483 e. The predicted octanol–water partition coefficient (Wildman–Crippen LogP) is 4.08. The van der Waals surface area contributed by atoms with Gasteiger partial charge < -0.3 is 15.4 Å². The molecule has 0 aromatic heterocycles. The van der Waals surface area contributed by atoms with Gasteiger partial charge in [0.2, 0.25) is 0 Å². The number of benzene rings is 3. The average molecular weight is 409 g/mol. The van der Waals surface area contributed by atoms with Crippen molar-refractivity contribution in [2.75, 3.05) is 6.61 Å². The SMILES string of the molecule is O=C(COc1cc2ccccc2cc1C(=O)NCc1ccc(Cl)cc1)NC1CC1. The highest BCUT2D eigenvalue weighted by Crippen LogP contribution is 2.26. The van der Waals surface area contributed by atoms with E-state index in [0.29, 0.717) is 22.9 Å². The number of halogens is 1. The molecule has 0 aliphatic heterocycles. The molecule has 1 saturated carbocycles. The molecule has 0 atom stereocenters. The van der Waals surface area contributed by atoms with Crippen molar-refractivity contribution < 1.29 is 14.3 Å². The maximum atomic E-state index is 12.9. The molecule has 3 aromatic carbocycles. The first-order chi connectivity index (χ1) is 14.1. The summed E-state index contributed by atoms with van der Waals surface area (Å²) in [5.41, 5.74) is 1.34. The summed E-state index contributed by atoms with van der Waals surface area (Å²) in [5, 5.41) is 8.31. The highest BCUT2D eigenvalue weighted by molar-refractivity contribution is 6.30. The molecule has 4 rings (SSSR count). The highest BCUT2D eigenvalue weighted by Gasteiger charge is 2.23. The fourth-order valence-corrected chi connectivity index (χ4v) is 3.16. The van der Waals surface area contributed by atoms with Crippen molar-refractivity contribution in [2.24, 2.45) is 0 Å². The Bertz CT molecular complexity index is 1050. The number of hydrogen-bond donors (Lipinski definition) is 2. The van der Waals surface area contributed by atoms with E-state index < -0.39 is 0 Å². The monoisotopic (exact) mass is 408 g/mol. The van der Waals surface area contributed by atoms with E-state index in [1.807, 2.05) is 36.4 Å². The molecule has 0 bridgehead atoms. The van der Waals surface area contributed by atoms with Gasteiger partial charge in [0.1, 0.15) is 5.75 Å². The zero-order chi connectivity index (χ0) is 20.2. The molecule has 2 N–H and O–H groups in total. The summed E-state index contributed by atoms with van der Waals surface area (Å²) in [6.07, 6.45) is 2.03. The van der Waals surface area contributed by atoms with Crippen LogP contribution in [0.3, 0.4) is 0 Å². The second-order valence-electron chi connectivity index (χ2n) is 7.14. The van der Waals surface area contributed by atoms with Gasteiger partial charge in [0.25, 0.3) is 11.8 Å². The number of nitrogens with one attached hydrogen (secondary N) is 2. The zero-order valence-electron chi connectivity index (χ0n) is 15.8. The Morgan fingerprint density at radius 3 is 2.38 bits per heavy atom. The minimum absolute atomic E-state index is 0.119. The number of rotatable bonds is 7. The summed E-state index contributed by atoms with van der Waals surface area (Å²) in [6.45, 7) is 0.247. The smallest absolute Gasteiger partial charge is 0.258 e. The lowest BCUT2D eigenvalue weighted by Gasteiger charge is -2.13. The van der Waals surface area contributed by atoms with Crippen LogP contribution in [0.15, 0.2) is 60.7 Å². The van der Waals surface area contributed by atoms with Gasteiger partial charge in [0.05, 0.1) is 5.56 Å². The molecular formula is C23H21ClN2O3. The number of fused-ring (bicyclic) bond motifs is 1. The normalized spacial score (nSPS) is 13.1. The van der Waals surface area contributed by atoms with Crippen molar-refractivity contribution >= 4 is 34.2 Å². The third-order valence-corrected chi connectivity index (χ3v) is 5.01. The molecule has 0 saturated heterocycles. The summed E-state index contributed by atoms with van der Waals surface area (Å²) in [6, 6.07) is 18.9. The number of ether oxygens (including phenoxy) is 1. The van der Waals surface area contributed by atoms with Crippen LogP contribution in [0, 0.1) is 0 Å². The van der Waals surface area contributed by atoms with Crippen LogP contribution in [0.2, 0.25) is 5.02 Å². The van der Waals surface area contributed by atoms with E-state index in [2.05, 4.69) is 10.6 Å². The van der Waals surface area contributed by atoms with Gasteiger partial charge >= 0.3 is 0 Å². The molecule has 6 heteroatoms. The van der Waals surface area contributed by atoms with Crippen LogP contribution in [-0.2, 0) is 11.3 Å². The minimum Gasteiger partial charge on any atom is -0.483 e. The van der Waals surface area contributed by atoms with Crippen molar-refractivity contribution in [3.8, 4) is 5.75 Å². The van der Waals surface area contributed by atoms with E-state index in [0.717, 1.165) is 29.2 Å². The quantitative estimate of drug-likeness (QED) is 0.619. The van der Waals surface area contributed by atoms with Crippen LogP contribution in [0.5, 0.6) is 5.75 Å². The lowest BCUT2D eigenvalue weighted by atomic mass is 10.1. The van der Waals surface area contributed by atoms with Crippen LogP contribution in [0.4, 0.5) is 0 Å². The third kappa shape index (κ3) is 5.06. The van der Waals surface area contributed by atoms with Crippen molar-refractivity contribution in [3.05, 3.63) is 76.8 Å². The molecule has 2 amide bonds. The second kappa shape index (κ2) is 8.53. The van der Waals surface area contributed by atoms with Gasteiger partial charge in [-0.05, 0) is 53.4 Å². The molecular weight excluding hydrogens is 388 g/mol. The van der Waals surface area contributed by atoms with Gasteiger partial charge in [-0.25, -0.2) is 0 Å². The van der Waals surface area contributed by atoms with E-state index >= 15 is 0 Å². The maximum absolute atomic E-state index is 12.9. The van der Waals surface area contributed by atoms with E-state index in [1.54, 1.807) is 24.3 Å². The number of amides is 2. The van der Waals surface area contributed by atoms with E-state index in [-0.39, 0.29) is 24.5 Å². The number of carbonyl (C=O) groups is 2. The van der Waals surface area contributed by atoms with Gasteiger partial charge in [-0.3, -0.25) is 9.59 Å². The molecule has 0 spiro atoms. The first-order valence-electron chi connectivity index (χ1n) is 9.56. The molecule has 0 radical (unpaired) electrons. The van der Waals surface area contributed by atoms with E-state index in [9.17, 15) is 9.59 Å². The topological polar surface area (TPSA) is 67.4 Å². The Labute approximate surface area is 174 Å². The van der Waals surface area contributed by atoms with Crippen LogP contribution >= 0.6 is 11.6 Å². The van der Waals surface area contributed by atoms with Crippen molar-refractivity contribution in [2.45, 2.75) is 25.4 Å². The number of carbonyl (C=O) groups excluding carboxylic acids is 2. The molecule has 0 heterocycles. The van der Waals surface area contributed by atoms with Gasteiger partial charge in [-0.1, -0.05) is 48.0 Å². The molecule has 3 aromatic rings. The molecule has 1 fully saturated rings. The molecule has 148 valence electrons. The summed E-state index contributed by atoms with van der Waals surface area (Å²) < 4.78 is 5.73. The Hall–Kier alpha value is -3.05. The fourth-order valence-electron chi connectivity index (χ4n) is 3.04. The second-order valence-corrected chi connectivity index (χ2v) is 7.57. The van der Waals surface area contributed by atoms with Crippen molar-refractivity contribution in [1.82, 2.24) is 10.6 Å². The van der Waals surface area contributed by atoms with Crippen LogP contribution in [-0.4, -0.2) is 24.5 Å². The first kappa shape index (κ1) is 19.3. The maximum Gasteiger partial charge on any atom is 0.258 e. The molecule has 0 unspecified atom stereocenters. The lowest BCUT2D eigenvalue weighted by molar-refractivity contribution is -0.123. The fraction of sp³-hybridized carbons (Fsp3) is 0.217. The van der Waals surface area contributed by atoms with Gasteiger partial charge in [0, 0.05) is 17.6 Å². The Morgan fingerprint density at radius 2 is 1.69 bits per heavy atom. The Balaban J connectivity index is 1.52. The summed E-state index contributed by atoms with van der Waals surface area (Å²) in [5.74, 6) is -0.0419. The molecule has 1 aliphatic carbocycles. The van der Waals surface area contributed by atoms with Gasteiger partial charge in [0.15, 0.2) is 6.61 Å². The lowest BCUT2D eigenvalue weighted by Crippen LogP contribution is -2.31. The Kier molecular flexibility index (Phi) is 5.67. The zero-order valence-corrected chi connectivity index (χ0v) is 16.5. The van der Waals surface area contributed by atoms with E-state index in [1.165, 1.54) is 0 Å². The third-order valence-electron chi connectivity index (χ3n) is 4.76. The van der Waals surface area contributed by atoms with Gasteiger partial charge in [-0.15, -0.1) is 0 Å². The highest BCUT2D eigenvalue weighted by atomic mass is 35.5. The van der Waals surface area contributed by atoms with E-state index in [4.69, 9.17) is 16.3 Å². The Morgan fingerprint density at radius 1 is 1.00 bits per heavy atom. The average Bonchev–Trinajstić information content (AvgIpc) is 3.55. The number of hydrogen-bond acceptors (Lipinski definition) is 3. The van der Waals surface area contributed by atoms with Crippen LogP contribution < -0.4 is 15.4 Å².